The Kier molecular flexibility index (Phi) is 3.43. The van der Waals surface area contributed by atoms with Gasteiger partial charge in [-0.05, 0) is 61.6 Å². The SMILES string of the molecule is CNC(CC1Cc2ccccc21)C1CCC(C)C1. The Bertz CT molecular complexity index is 412. The maximum absolute atomic E-state index is 3.59. The van der Waals surface area contributed by atoms with Crippen molar-refractivity contribution < 1.29 is 0 Å². The highest BCUT2D eigenvalue weighted by molar-refractivity contribution is 5.39. The third-order valence-corrected chi connectivity index (χ3v) is 5.17. The predicted octanol–water partition coefficient (Wildman–Crippen LogP) is 3.74. The normalized spacial score (nSPS) is 31.8. The van der Waals surface area contributed by atoms with Gasteiger partial charge in [0.25, 0.3) is 0 Å². The molecular weight excluding hydrogens is 218 g/mol. The molecule has 4 unspecified atom stereocenters. The average molecular weight is 243 g/mol. The summed E-state index contributed by atoms with van der Waals surface area (Å²) in [6.45, 7) is 2.41. The Balaban J connectivity index is 1.62. The molecule has 0 bridgehead atoms. The van der Waals surface area contributed by atoms with Crippen LogP contribution in [0.5, 0.6) is 0 Å². The van der Waals surface area contributed by atoms with Gasteiger partial charge >= 0.3 is 0 Å². The van der Waals surface area contributed by atoms with Crippen LogP contribution < -0.4 is 5.32 Å². The molecule has 0 radical (unpaired) electrons. The molecule has 0 saturated heterocycles. The molecule has 0 heterocycles. The molecule has 0 aromatic heterocycles. The lowest BCUT2D eigenvalue weighted by molar-refractivity contribution is 0.321. The third kappa shape index (κ3) is 2.21. The first-order chi connectivity index (χ1) is 8.78. The smallest absolute Gasteiger partial charge is 0.00983 e. The fourth-order valence-electron chi connectivity index (χ4n) is 4.04. The van der Waals surface area contributed by atoms with Crippen LogP contribution in [0.2, 0.25) is 0 Å². The van der Waals surface area contributed by atoms with E-state index in [2.05, 4.69) is 43.6 Å². The Morgan fingerprint density at radius 2 is 2.11 bits per heavy atom. The number of fused-ring (bicyclic) bond motifs is 1. The van der Waals surface area contributed by atoms with Crippen LogP contribution in [0.1, 0.15) is 49.7 Å². The van der Waals surface area contributed by atoms with Gasteiger partial charge in [0.1, 0.15) is 0 Å². The molecular formula is C17H25N. The van der Waals surface area contributed by atoms with Gasteiger partial charge in [0, 0.05) is 6.04 Å². The minimum absolute atomic E-state index is 0.730. The summed E-state index contributed by atoms with van der Waals surface area (Å²) in [6.07, 6.45) is 6.94. The molecule has 98 valence electrons. The van der Waals surface area contributed by atoms with Crippen LogP contribution in [-0.4, -0.2) is 13.1 Å². The fourth-order valence-corrected chi connectivity index (χ4v) is 4.04. The number of nitrogens with one attached hydrogen (secondary N) is 1. The number of hydrogen-bond acceptors (Lipinski definition) is 1. The van der Waals surface area contributed by atoms with Gasteiger partial charge in [-0.15, -0.1) is 0 Å². The molecule has 1 N–H and O–H groups in total. The highest BCUT2D eigenvalue weighted by atomic mass is 14.9. The van der Waals surface area contributed by atoms with Crippen LogP contribution in [0, 0.1) is 11.8 Å². The molecule has 1 nitrogen and oxygen atoms in total. The summed E-state index contributed by atoms with van der Waals surface area (Å²) in [4.78, 5) is 0. The average Bonchev–Trinajstić information content (AvgIpc) is 2.77. The molecule has 1 aromatic rings. The summed E-state index contributed by atoms with van der Waals surface area (Å²) in [5, 5.41) is 3.59. The van der Waals surface area contributed by atoms with Gasteiger partial charge in [0.15, 0.2) is 0 Å². The highest BCUT2D eigenvalue weighted by Crippen LogP contribution is 2.41. The van der Waals surface area contributed by atoms with Crippen molar-refractivity contribution in [2.24, 2.45) is 11.8 Å². The van der Waals surface area contributed by atoms with Gasteiger partial charge in [-0.3, -0.25) is 0 Å². The minimum Gasteiger partial charge on any atom is -0.317 e. The van der Waals surface area contributed by atoms with E-state index in [9.17, 15) is 0 Å². The number of rotatable bonds is 4. The van der Waals surface area contributed by atoms with Crippen molar-refractivity contribution in [2.45, 2.75) is 51.0 Å². The molecule has 1 saturated carbocycles. The zero-order valence-corrected chi connectivity index (χ0v) is 11.7. The van der Waals surface area contributed by atoms with E-state index in [1.807, 2.05) is 0 Å². The largest absolute Gasteiger partial charge is 0.317 e. The van der Waals surface area contributed by atoms with E-state index in [0.717, 1.165) is 23.8 Å². The van der Waals surface area contributed by atoms with Crippen LogP contribution in [0.4, 0.5) is 0 Å². The van der Waals surface area contributed by atoms with Crippen LogP contribution in [0.25, 0.3) is 0 Å². The maximum atomic E-state index is 3.59. The summed E-state index contributed by atoms with van der Waals surface area (Å²) in [6, 6.07) is 9.71. The molecule has 3 rings (SSSR count). The summed E-state index contributed by atoms with van der Waals surface area (Å²) in [5.41, 5.74) is 3.20. The second-order valence-electron chi connectivity index (χ2n) is 6.41. The van der Waals surface area contributed by atoms with Gasteiger partial charge in [0.2, 0.25) is 0 Å². The van der Waals surface area contributed by atoms with Crippen molar-refractivity contribution in [3.05, 3.63) is 35.4 Å². The van der Waals surface area contributed by atoms with Crippen molar-refractivity contribution >= 4 is 0 Å². The molecule has 1 heteroatoms. The first-order valence-electron chi connectivity index (χ1n) is 7.53. The fraction of sp³-hybridized carbons (Fsp3) is 0.647. The Morgan fingerprint density at radius 3 is 2.78 bits per heavy atom. The molecule has 1 fully saturated rings. The molecule has 2 aliphatic carbocycles. The quantitative estimate of drug-likeness (QED) is 0.849. The molecule has 0 amide bonds. The Labute approximate surface area is 111 Å². The summed E-state index contributed by atoms with van der Waals surface area (Å²) >= 11 is 0. The van der Waals surface area contributed by atoms with Gasteiger partial charge in [-0.2, -0.15) is 0 Å². The van der Waals surface area contributed by atoms with Crippen molar-refractivity contribution in [1.29, 1.82) is 0 Å². The lowest BCUT2D eigenvalue weighted by Gasteiger charge is -2.35. The van der Waals surface area contributed by atoms with E-state index in [-0.39, 0.29) is 0 Å². The molecule has 0 spiro atoms. The lowest BCUT2D eigenvalue weighted by Crippen LogP contribution is -2.36. The van der Waals surface area contributed by atoms with E-state index in [4.69, 9.17) is 0 Å². The predicted molar refractivity (Wildman–Crippen MR) is 76.9 cm³/mol. The molecule has 0 aliphatic heterocycles. The van der Waals surface area contributed by atoms with Crippen molar-refractivity contribution in [3.63, 3.8) is 0 Å². The summed E-state index contributed by atoms with van der Waals surface area (Å²) in [5.74, 6) is 2.67. The minimum atomic E-state index is 0.730. The topological polar surface area (TPSA) is 12.0 Å². The van der Waals surface area contributed by atoms with Gasteiger partial charge in [-0.1, -0.05) is 37.6 Å². The standard InChI is InChI=1S/C17H25N/c1-12-7-8-14(9-12)17(18-2)11-15-10-13-5-3-4-6-16(13)15/h3-6,12,14-15,17-18H,7-11H2,1-2H3. The van der Waals surface area contributed by atoms with E-state index >= 15 is 0 Å². The molecule has 1 aromatic carbocycles. The first kappa shape index (κ1) is 12.2. The second kappa shape index (κ2) is 5.05. The van der Waals surface area contributed by atoms with E-state index in [1.165, 1.54) is 32.1 Å². The van der Waals surface area contributed by atoms with Crippen molar-refractivity contribution in [1.82, 2.24) is 5.32 Å². The third-order valence-electron chi connectivity index (χ3n) is 5.17. The van der Waals surface area contributed by atoms with E-state index in [1.54, 1.807) is 11.1 Å². The van der Waals surface area contributed by atoms with Crippen molar-refractivity contribution in [3.8, 4) is 0 Å². The lowest BCUT2D eigenvalue weighted by atomic mass is 9.73. The van der Waals surface area contributed by atoms with Gasteiger partial charge < -0.3 is 5.32 Å². The Morgan fingerprint density at radius 1 is 1.28 bits per heavy atom. The van der Waals surface area contributed by atoms with Crippen molar-refractivity contribution in [2.75, 3.05) is 7.05 Å². The molecule has 4 atom stereocenters. The molecule has 18 heavy (non-hydrogen) atoms. The molecule has 2 aliphatic rings. The van der Waals surface area contributed by atoms with E-state index < -0.39 is 0 Å². The Hall–Kier alpha value is -0.820. The number of benzene rings is 1. The van der Waals surface area contributed by atoms with Crippen LogP contribution in [0.15, 0.2) is 24.3 Å². The second-order valence-corrected chi connectivity index (χ2v) is 6.41. The van der Waals surface area contributed by atoms with Crippen LogP contribution >= 0.6 is 0 Å². The first-order valence-corrected chi connectivity index (χ1v) is 7.53. The summed E-state index contributed by atoms with van der Waals surface area (Å²) < 4.78 is 0. The van der Waals surface area contributed by atoms with Gasteiger partial charge in [-0.25, -0.2) is 0 Å². The van der Waals surface area contributed by atoms with Crippen LogP contribution in [-0.2, 0) is 6.42 Å². The maximum Gasteiger partial charge on any atom is 0.00983 e. The zero-order chi connectivity index (χ0) is 12.5. The highest BCUT2D eigenvalue weighted by Gasteiger charge is 2.33. The zero-order valence-electron chi connectivity index (χ0n) is 11.7. The monoisotopic (exact) mass is 243 g/mol. The summed E-state index contributed by atoms with van der Waals surface area (Å²) in [7, 11) is 2.15. The number of hydrogen-bond donors (Lipinski definition) is 1. The van der Waals surface area contributed by atoms with Gasteiger partial charge in [0.05, 0.1) is 0 Å². The van der Waals surface area contributed by atoms with E-state index in [0.29, 0.717) is 0 Å². The van der Waals surface area contributed by atoms with Crippen LogP contribution in [0.3, 0.4) is 0 Å².